The fourth-order valence-electron chi connectivity index (χ4n) is 1.33. The van der Waals surface area contributed by atoms with E-state index in [1.54, 1.807) is 38.2 Å². The van der Waals surface area contributed by atoms with Crippen molar-refractivity contribution in [3.63, 3.8) is 0 Å². The van der Waals surface area contributed by atoms with Gasteiger partial charge in [0.2, 0.25) is 5.91 Å². The summed E-state index contributed by atoms with van der Waals surface area (Å²) in [5.41, 5.74) is 5.90. The van der Waals surface area contributed by atoms with Gasteiger partial charge >= 0.3 is 0 Å². The third-order valence-electron chi connectivity index (χ3n) is 2.04. The zero-order valence-electron chi connectivity index (χ0n) is 10.2. The zero-order valence-corrected chi connectivity index (χ0v) is 11.8. The maximum Gasteiger partial charge on any atom is 0.242 e. The molecule has 2 N–H and O–H groups in total. The molecule has 6 heteroatoms. The van der Waals surface area contributed by atoms with Crippen molar-refractivity contribution in [1.29, 1.82) is 0 Å². The molecule has 98 valence electrons. The Morgan fingerprint density at radius 1 is 1.47 bits per heavy atom. The average molecular weight is 280 g/mol. The van der Waals surface area contributed by atoms with Gasteiger partial charge in [0.15, 0.2) is 0 Å². The van der Waals surface area contributed by atoms with Gasteiger partial charge in [-0.25, -0.2) is 0 Å². The third kappa shape index (κ3) is 5.86. The van der Waals surface area contributed by atoms with Crippen molar-refractivity contribution in [1.82, 2.24) is 9.88 Å². The minimum absolute atomic E-state index is 0. The maximum absolute atomic E-state index is 11.7. The highest BCUT2D eigenvalue weighted by molar-refractivity contribution is 5.85. The normalized spacial score (nSPS) is 9.88. The van der Waals surface area contributed by atoms with E-state index in [0.29, 0.717) is 6.54 Å². The number of nitrogens with zero attached hydrogens (tertiary/aromatic N) is 2. The number of hydrogen-bond donors (Lipinski definition) is 1. The predicted molar refractivity (Wildman–Crippen MR) is 73.5 cm³/mol. The summed E-state index contributed by atoms with van der Waals surface area (Å²) in [6.07, 6.45) is 3.45. The lowest BCUT2D eigenvalue weighted by molar-refractivity contribution is -0.135. The van der Waals surface area contributed by atoms with E-state index in [-0.39, 0.29) is 30.7 Å². The molecule has 17 heavy (non-hydrogen) atoms. The number of aromatic nitrogens is 1. The summed E-state index contributed by atoms with van der Waals surface area (Å²) >= 11 is 0. The molecule has 1 aromatic heterocycles. The largest absolute Gasteiger partial charge is 0.340 e. The summed E-state index contributed by atoms with van der Waals surface area (Å²) in [5.74, 6) is -0.0775. The molecule has 0 saturated heterocycles. The van der Waals surface area contributed by atoms with Crippen LogP contribution in [0.15, 0.2) is 24.5 Å². The summed E-state index contributed by atoms with van der Waals surface area (Å²) in [6.45, 7) is 3.94. The highest BCUT2D eigenvalue weighted by Gasteiger charge is 2.25. The average Bonchev–Trinajstić information content (AvgIpc) is 2.16. The molecule has 0 aliphatic rings. The van der Waals surface area contributed by atoms with Crippen LogP contribution in [0.25, 0.3) is 0 Å². The lowest BCUT2D eigenvalue weighted by Crippen LogP contribution is -2.49. The second-order valence-corrected chi connectivity index (χ2v) is 4.24. The molecular formula is C11H19Cl2N3O. The molecule has 0 aliphatic carbocycles. The molecule has 1 aromatic rings. The molecule has 0 atom stereocenters. The number of halogens is 2. The first-order valence-corrected chi connectivity index (χ1v) is 4.84. The number of amides is 1. The Bertz CT molecular complexity index is 338. The van der Waals surface area contributed by atoms with E-state index in [9.17, 15) is 4.79 Å². The van der Waals surface area contributed by atoms with Gasteiger partial charge in [-0.1, -0.05) is 6.07 Å². The summed E-state index contributed by atoms with van der Waals surface area (Å²) in [5, 5.41) is 0. The standard InChI is InChI=1S/C11H17N3O.2ClH/c1-11(2,12)10(15)14(3)8-9-5-4-6-13-7-9;;/h4-7H,8,12H2,1-3H3;2*1H. The monoisotopic (exact) mass is 279 g/mol. The Balaban J connectivity index is 0. The van der Waals surface area contributed by atoms with Crippen LogP contribution in [0.5, 0.6) is 0 Å². The fraction of sp³-hybridized carbons (Fsp3) is 0.455. The van der Waals surface area contributed by atoms with Gasteiger partial charge < -0.3 is 10.6 Å². The van der Waals surface area contributed by atoms with Crippen LogP contribution in [0.2, 0.25) is 0 Å². The fourth-order valence-corrected chi connectivity index (χ4v) is 1.33. The van der Waals surface area contributed by atoms with Gasteiger partial charge in [-0.05, 0) is 25.5 Å². The Morgan fingerprint density at radius 2 is 2.06 bits per heavy atom. The number of carbonyl (C=O) groups is 1. The van der Waals surface area contributed by atoms with Crippen LogP contribution in [0.3, 0.4) is 0 Å². The van der Waals surface area contributed by atoms with Crippen molar-refractivity contribution in [2.45, 2.75) is 25.9 Å². The minimum atomic E-state index is -0.822. The van der Waals surface area contributed by atoms with E-state index in [1.165, 1.54) is 0 Å². The van der Waals surface area contributed by atoms with Crippen molar-refractivity contribution in [2.24, 2.45) is 5.73 Å². The van der Waals surface area contributed by atoms with E-state index < -0.39 is 5.54 Å². The van der Waals surface area contributed by atoms with Gasteiger partial charge in [-0.3, -0.25) is 9.78 Å². The minimum Gasteiger partial charge on any atom is -0.340 e. The molecular weight excluding hydrogens is 261 g/mol. The highest BCUT2D eigenvalue weighted by atomic mass is 35.5. The first-order valence-electron chi connectivity index (χ1n) is 4.84. The summed E-state index contributed by atoms with van der Waals surface area (Å²) in [6, 6.07) is 3.78. The zero-order chi connectivity index (χ0) is 11.5. The van der Waals surface area contributed by atoms with E-state index in [1.807, 2.05) is 12.1 Å². The molecule has 0 spiro atoms. The number of hydrogen-bond acceptors (Lipinski definition) is 3. The molecule has 0 aliphatic heterocycles. The highest BCUT2D eigenvalue weighted by Crippen LogP contribution is 2.07. The number of carbonyl (C=O) groups excluding carboxylic acids is 1. The van der Waals surface area contributed by atoms with Crippen LogP contribution in [-0.2, 0) is 11.3 Å². The number of rotatable bonds is 3. The number of likely N-dealkylation sites (N-methyl/N-ethyl adjacent to an activating group) is 1. The van der Waals surface area contributed by atoms with Crippen molar-refractivity contribution in [2.75, 3.05) is 7.05 Å². The molecule has 0 fully saturated rings. The quantitative estimate of drug-likeness (QED) is 0.915. The van der Waals surface area contributed by atoms with Gasteiger partial charge in [-0.15, -0.1) is 24.8 Å². The second kappa shape index (κ2) is 7.48. The summed E-state index contributed by atoms with van der Waals surface area (Å²) < 4.78 is 0. The van der Waals surface area contributed by atoms with Crippen LogP contribution in [0, 0.1) is 0 Å². The van der Waals surface area contributed by atoms with Crippen molar-refractivity contribution >= 4 is 30.7 Å². The molecule has 1 rings (SSSR count). The van der Waals surface area contributed by atoms with Crippen LogP contribution in [0.4, 0.5) is 0 Å². The second-order valence-electron chi connectivity index (χ2n) is 4.24. The van der Waals surface area contributed by atoms with Gasteiger partial charge in [0.1, 0.15) is 0 Å². The van der Waals surface area contributed by atoms with E-state index in [2.05, 4.69) is 4.98 Å². The van der Waals surface area contributed by atoms with E-state index >= 15 is 0 Å². The van der Waals surface area contributed by atoms with Crippen LogP contribution in [-0.4, -0.2) is 28.4 Å². The Kier molecular flexibility index (Phi) is 8.15. The molecule has 1 amide bonds. The SMILES string of the molecule is CN(Cc1cccnc1)C(=O)C(C)(C)N.Cl.Cl. The van der Waals surface area contributed by atoms with Crippen molar-refractivity contribution < 1.29 is 4.79 Å². The first kappa shape index (κ1) is 18.5. The first-order chi connectivity index (χ1) is 6.91. The lowest BCUT2D eigenvalue weighted by atomic mass is 10.1. The van der Waals surface area contributed by atoms with Crippen LogP contribution < -0.4 is 5.73 Å². The van der Waals surface area contributed by atoms with Crippen LogP contribution in [0.1, 0.15) is 19.4 Å². The Labute approximate surface area is 114 Å². The van der Waals surface area contributed by atoms with Gasteiger partial charge in [0, 0.05) is 26.0 Å². The predicted octanol–water partition coefficient (Wildman–Crippen LogP) is 1.62. The van der Waals surface area contributed by atoms with Gasteiger partial charge in [-0.2, -0.15) is 0 Å². The molecule has 0 unspecified atom stereocenters. The van der Waals surface area contributed by atoms with Gasteiger partial charge in [0.25, 0.3) is 0 Å². The van der Waals surface area contributed by atoms with Gasteiger partial charge in [0.05, 0.1) is 5.54 Å². The summed E-state index contributed by atoms with van der Waals surface area (Å²) in [7, 11) is 1.74. The lowest BCUT2D eigenvalue weighted by Gasteiger charge is -2.25. The molecule has 0 bridgehead atoms. The van der Waals surface area contributed by atoms with Crippen molar-refractivity contribution in [3.8, 4) is 0 Å². The molecule has 0 aromatic carbocycles. The summed E-state index contributed by atoms with van der Waals surface area (Å²) in [4.78, 5) is 17.3. The Hall–Kier alpha value is -0.840. The molecule has 4 nitrogen and oxygen atoms in total. The van der Waals surface area contributed by atoms with E-state index in [0.717, 1.165) is 5.56 Å². The molecule has 0 radical (unpaired) electrons. The molecule has 1 heterocycles. The number of pyridine rings is 1. The Morgan fingerprint density at radius 3 is 2.47 bits per heavy atom. The van der Waals surface area contributed by atoms with Crippen LogP contribution >= 0.6 is 24.8 Å². The van der Waals surface area contributed by atoms with E-state index in [4.69, 9.17) is 5.73 Å². The third-order valence-corrected chi connectivity index (χ3v) is 2.04. The maximum atomic E-state index is 11.7. The number of nitrogens with two attached hydrogens (primary N) is 1. The molecule has 0 saturated carbocycles. The topological polar surface area (TPSA) is 59.2 Å². The smallest absolute Gasteiger partial charge is 0.242 e. The van der Waals surface area contributed by atoms with Crippen molar-refractivity contribution in [3.05, 3.63) is 30.1 Å².